The van der Waals surface area contributed by atoms with Crippen molar-refractivity contribution in [3.8, 4) is 0 Å². The summed E-state index contributed by atoms with van der Waals surface area (Å²) in [7, 11) is 0. The Balaban J connectivity index is 2.15. The summed E-state index contributed by atoms with van der Waals surface area (Å²) in [6, 6.07) is 5.75. The first-order valence-corrected chi connectivity index (χ1v) is 6.90. The van der Waals surface area contributed by atoms with Crippen LogP contribution in [0.4, 0.5) is 0 Å². The number of morpholine rings is 1. The Hall–Kier alpha value is -1.42. The van der Waals surface area contributed by atoms with E-state index in [9.17, 15) is 4.79 Å². The largest absolute Gasteiger partial charge is 0.377 e. The van der Waals surface area contributed by atoms with Crippen LogP contribution in [0.2, 0.25) is 0 Å². The van der Waals surface area contributed by atoms with Crippen molar-refractivity contribution in [2.75, 3.05) is 19.8 Å². The lowest BCUT2D eigenvalue weighted by atomic mass is 10.0. The highest BCUT2D eigenvalue weighted by atomic mass is 16.5. The number of rotatable bonds is 3. The van der Waals surface area contributed by atoms with Crippen molar-refractivity contribution in [1.29, 1.82) is 0 Å². The van der Waals surface area contributed by atoms with E-state index in [-0.39, 0.29) is 11.9 Å². The molecule has 1 amide bonds. The fourth-order valence-corrected chi connectivity index (χ4v) is 2.47. The predicted molar refractivity (Wildman–Crippen MR) is 74.1 cm³/mol. The molecule has 104 valence electrons. The molecule has 0 spiro atoms. The zero-order valence-corrected chi connectivity index (χ0v) is 11.9. The number of aromatic nitrogens is 1. The van der Waals surface area contributed by atoms with Gasteiger partial charge in [-0.25, -0.2) is 4.98 Å². The average Bonchev–Trinajstić information content (AvgIpc) is 2.38. The molecule has 1 fully saturated rings. The van der Waals surface area contributed by atoms with E-state index in [0.717, 1.165) is 12.1 Å². The highest BCUT2D eigenvalue weighted by molar-refractivity contribution is 5.92. The number of pyridine rings is 1. The Kier molecular flexibility index (Phi) is 4.53. The number of ether oxygens (including phenoxy) is 1. The van der Waals surface area contributed by atoms with Crippen LogP contribution in [-0.2, 0) is 4.74 Å². The second-order valence-corrected chi connectivity index (χ2v) is 5.52. The van der Waals surface area contributed by atoms with Crippen molar-refractivity contribution < 1.29 is 9.53 Å². The minimum absolute atomic E-state index is 0.0256. The van der Waals surface area contributed by atoms with E-state index in [1.165, 1.54) is 0 Å². The highest BCUT2D eigenvalue weighted by Crippen LogP contribution is 2.18. The Morgan fingerprint density at radius 1 is 1.53 bits per heavy atom. The number of aryl methyl sites for hydroxylation is 1. The van der Waals surface area contributed by atoms with Crippen LogP contribution >= 0.6 is 0 Å². The molecule has 0 saturated carbocycles. The molecular formula is C15H22N2O2. The summed E-state index contributed by atoms with van der Waals surface area (Å²) >= 11 is 0. The van der Waals surface area contributed by atoms with Gasteiger partial charge in [0.15, 0.2) is 0 Å². The van der Waals surface area contributed by atoms with E-state index in [0.29, 0.717) is 31.4 Å². The lowest BCUT2D eigenvalue weighted by Gasteiger charge is -2.36. The second-order valence-electron chi connectivity index (χ2n) is 5.52. The normalized spacial score (nSPS) is 19.8. The minimum Gasteiger partial charge on any atom is -0.377 e. The van der Waals surface area contributed by atoms with E-state index in [4.69, 9.17) is 4.74 Å². The zero-order chi connectivity index (χ0) is 13.8. The quantitative estimate of drug-likeness (QED) is 0.839. The predicted octanol–water partition coefficient (Wildman–Crippen LogP) is 2.28. The third-order valence-corrected chi connectivity index (χ3v) is 3.34. The molecule has 1 aliphatic heterocycles. The first kappa shape index (κ1) is 14.0. The SMILES string of the molecule is Cc1cccc(C(=O)N2CCOCC2CC(C)C)n1. The lowest BCUT2D eigenvalue weighted by Crippen LogP contribution is -2.49. The molecule has 4 heteroatoms. The van der Waals surface area contributed by atoms with Gasteiger partial charge in [0.25, 0.3) is 5.91 Å². The van der Waals surface area contributed by atoms with E-state index >= 15 is 0 Å². The summed E-state index contributed by atoms with van der Waals surface area (Å²) in [4.78, 5) is 18.8. The molecule has 0 radical (unpaired) electrons. The van der Waals surface area contributed by atoms with Gasteiger partial charge in [0.1, 0.15) is 5.69 Å². The molecule has 0 aliphatic carbocycles. The molecule has 1 aromatic rings. The summed E-state index contributed by atoms with van der Waals surface area (Å²) in [5, 5.41) is 0. The maximum atomic E-state index is 12.6. The number of hydrogen-bond acceptors (Lipinski definition) is 3. The van der Waals surface area contributed by atoms with Crippen molar-refractivity contribution in [3.05, 3.63) is 29.6 Å². The summed E-state index contributed by atoms with van der Waals surface area (Å²) in [6.07, 6.45) is 0.970. The topological polar surface area (TPSA) is 42.4 Å². The van der Waals surface area contributed by atoms with Gasteiger partial charge < -0.3 is 9.64 Å². The van der Waals surface area contributed by atoms with Crippen LogP contribution in [0.5, 0.6) is 0 Å². The van der Waals surface area contributed by atoms with Crippen LogP contribution in [-0.4, -0.2) is 41.6 Å². The molecule has 1 unspecified atom stereocenters. The molecule has 2 rings (SSSR count). The third-order valence-electron chi connectivity index (χ3n) is 3.34. The molecule has 1 aromatic heterocycles. The number of nitrogens with zero attached hydrogens (tertiary/aromatic N) is 2. The number of amides is 1. The van der Waals surface area contributed by atoms with Crippen LogP contribution in [0.3, 0.4) is 0 Å². The van der Waals surface area contributed by atoms with Gasteiger partial charge in [0, 0.05) is 12.2 Å². The van der Waals surface area contributed by atoms with Crippen LogP contribution in [0.1, 0.15) is 36.5 Å². The van der Waals surface area contributed by atoms with Gasteiger partial charge in [-0.15, -0.1) is 0 Å². The fourth-order valence-electron chi connectivity index (χ4n) is 2.47. The smallest absolute Gasteiger partial charge is 0.272 e. The van der Waals surface area contributed by atoms with E-state index in [1.54, 1.807) is 6.07 Å². The van der Waals surface area contributed by atoms with Gasteiger partial charge in [0.2, 0.25) is 0 Å². The molecule has 1 aliphatic rings. The van der Waals surface area contributed by atoms with Crippen molar-refractivity contribution in [2.24, 2.45) is 5.92 Å². The molecule has 2 heterocycles. The standard InChI is InChI=1S/C15H22N2O2/c1-11(2)9-13-10-19-8-7-17(13)15(18)14-6-4-5-12(3)16-14/h4-6,11,13H,7-10H2,1-3H3. The van der Waals surface area contributed by atoms with Crippen LogP contribution in [0.15, 0.2) is 18.2 Å². The summed E-state index contributed by atoms with van der Waals surface area (Å²) in [5.41, 5.74) is 1.41. The average molecular weight is 262 g/mol. The number of carbonyl (C=O) groups excluding carboxylic acids is 1. The minimum atomic E-state index is 0.0256. The summed E-state index contributed by atoms with van der Waals surface area (Å²) in [5.74, 6) is 0.574. The number of hydrogen-bond donors (Lipinski definition) is 0. The Bertz CT molecular complexity index is 446. The van der Waals surface area contributed by atoms with Gasteiger partial charge in [-0.1, -0.05) is 19.9 Å². The Morgan fingerprint density at radius 2 is 2.32 bits per heavy atom. The molecule has 4 nitrogen and oxygen atoms in total. The van der Waals surface area contributed by atoms with Crippen molar-refractivity contribution in [2.45, 2.75) is 33.2 Å². The van der Waals surface area contributed by atoms with E-state index in [1.807, 2.05) is 24.0 Å². The fraction of sp³-hybridized carbons (Fsp3) is 0.600. The maximum absolute atomic E-state index is 12.6. The molecule has 1 atom stereocenters. The highest BCUT2D eigenvalue weighted by Gasteiger charge is 2.29. The van der Waals surface area contributed by atoms with Crippen LogP contribution in [0, 0.1) is 12.8 Å². The summed E-state index contributed by atoms with van der Waals surface area (Å²) in [6.45, 7) is 8.15. The number of carbonyl (C=O) groups is 1. The van der Waals surface area contributed by atoms with Gasteiger partial charge in [-0.2, -0.15) is 0 Å². The van der Waals surface area contributed by atoms with Crippen molar-refractivity contribution in [1.82, 2.24) is 9.88 Å². The van der Waals surface area contributed by atoms with Gasteiger partial charge in [-0.3, -0.25) is 4.79 Å². The van der Waals surface area contributed by atoms with Gasteiger partial charge >= 0.3 is 0 Å². The molecule has 0 aromatic carbocycles. The van der Waals surface area contributed by atoms with Crippen molar-refractivity contribution in [3.63, 3.8) is 0 Å². The molecular weight excluding hydrogens is 240 g/mol. The van der Waals surface area contributed by atoms with E-state index < -0.39 is 0 Å². The van der Waals surface area contributed by atoms with Crippen molar-refractivity contribution >= 4 is 5.91 Å². The van der Waals surface area contributed by atoms with Crippen LogP contribution < -0.4 is 0 Å². The molecule has 1 saturated heterocycles. The lowest BCUT2D eigenvalue weighted by molar-refractivity contribution is -0.00776. The maximum Gasteiger partial charge on any atom is 0.272 e. The van der Waals surface area contributed by atoms with E-state index in [2.05, 4.69) is 18.8 Å². The Labute approximate surface area is 114 Å². The van der Waals surface area contributed by atoms with Crippen LogP contribution in [0.25, 0.3) is 0 Å². The zero-order valence-electron chi connectivity index (χ0n) is 11.9. The molecule has 0 bridgehead atoms. The molecule has 0 N–H and O–H groups in total. The van der Waals surface area contributed by atoms with Gasteiger partial charge in [0.05, 0.1) is 19.3 Å². The monoisotopic (exact) mass is 262 g/mol. The molecule has 19 heavy (non-hydrogen) atoms. The Morgan fingerprint density at radius 3 is 3.00 bits per heavy atom. The first-order valence-electron chi connectivity index (χ1n) is 6.90. The van der Waals surface area contributed by atoms with Gasteiger partial charge in [-0.05, 0) is 31.4 Å². The summed E-state index contributed by atoms with van der Waals surface area (Å²) < 4.78 is 5.51. The second kappa shape index (κ2) is 6.15. The third kappa shape index (κ3) is 3.53. The first-order chi connectivity index (χ1) is 9.08.